The molecule has 0 fully saturated rings. The highest BCUT2D eigenvalue weighted by Crippen LogP contribution is 2.21. The van der Waals surface area contributed by atoms with E-state index in [2.05, 4.69) is 4.99 Å². The van der Waals surface area contributed by atoms with E-state index in [0.717, 1.165) is 19.3 Å². The summed E-state index contributed by atoms with van der Waals surface area (Å²) in [5.74, 6) is -0.491. The molecule has 0 atom stereocenters. The average Bonchev–Trinajstić information content (AvgIpc) is 2.62. The Morgan fingerprint density at radius 1 is 0.923 bits per heavy atom. The lowest BCUT2D eigenvalue weighted by atomic mass is 10.2. The highest BCUT2D eigenvalue weighted by molar-refractivity contribution is 5.94. The molecule has 0 saturated heterocycles. The zero-order valence-corrected chi connectivity index (χ0v) is 14.8. The van der Waals surface area contributed by atoms with E-state index in [4.69, 9.17) is 0 Å². The summed E-state index contributed by atoms with van der Waals surface area (Å²) in [5, 5.41) is 10.5. The Labute approximate surface area is 147 Å². The summed E-state index contributed by atoms with van der Waals surface area (Å²) in [4.78, 5) is 41.4. The number of fused-ring (bicyclic) bond motifs is 1. The molecule has 0 aliphatic heterocycles. The van der Waals surface area contributed by atoms with Crippen LogP contribution in [-0.2, 0) is 21.1 Å². The highest BCUT2D eigenvalue weighted by Gasteiger charge is 2.20. The van der Waals surface area contributed by atoms with Crippen molar-refractivity contribution in [3.05, 3.63) is 66.6 Å². The number of aryl methyl sites for hydroxylation is 3. The first kappa shape index (κ1) is 17.4. The third-order valence-electron chi connectivity index (χ3n) is 4.36. The molecule has 0 unspecified atom stereocenters. The molecular formula is C18H18N4O4. The number of pyridine rings is 1. The van der Waals surface area contributed by atoms with Crippen molar-refractivity contribution >= 4 is 22.9 Å². The molecular weight excluding hydrogens is 336 g/mol. The number of rotatable bonds is 2. The van der Waals surface area contributed by atoms with E-state index in [0.29, 0.717) is 5.69 Å². The van der Waals surface area contributed by atoms with Gasteiger partial charge < -0.3 is 5.11 Å². The van der Waals surface area contributed by atoms with Crippen LogP contribution in [0.25, 0.3) is 11.0 Å². The lowest BCUT2D eigenvalue weighted by molar-refractivity contribution is 0.476. The van der Waals surface area contributed by atoms with Gasteiger partial charge in [-0.25, -0.2) is 4.79 Å². The quantitative estimate of drug-likeness (QED) is 0.685. The molecule has 0 bridgehead atoms. The van der Waals surface area contributed by atoms with E-state index in [1.54, 1.807) is 12.1 Å². The summed E-state index contributed by atoms with van der Waals surface area (Å²) in [6.07, 6.45) is 1.23. The Balaban J connectivity index is 2.35. The molecule has 1 aromatic carbocycles. The zero-order chi connectivity index (χ0) is 19.2. The van der Waals surface area contributed by atoms with E-state index in [1.807, 2.05) is 19.1 Å². The lowest BCUT2D eigenvalue weighted by Crippen LogP contribution is -2.40. The molecule has 0 aliphatic rings. The van der Waals surface area contributed by atoms with Gasteiger partial charge in [-0.05, 0) is 19.1 Å². The van der Waals surface area contributed by atoms with Crippen LogP contribution in [0.15, 0.2) is 43.6 Å². The largest absolute Gasteiger partial charge is 0.506 e. The molecule has 1 N–H and O–H groups in total. The van der Waals surface area contributed by atoms with Crippen LogP contribution in [-0.4, -0.2) is 25.0 Å². The fourth-order valence-electron chi connectivity index (χ4n) is 2.83. The fourth-order valence-corrected chi connectivity index (χ4v) is 2.83. The third kappa shape index (κ3) is 2.55. The molecule has 3 aromatic rings. The van der Waals surface area contributed by atoms with Crippen LogP contribution in [0, 0.1) is 6.92 Å². The van der Waals surface area contributed by atoms with Crippen LogP contribution in [0.1, 0.15) is 11.1 Å². The summed E-state index contributed by atoms with van der Waals surface area (Å²) in [5.41, 5.74) is -0.221. The molecule has 0 spiro atoms. The number of aliphatic imine (C=N–C) groups is 1. The Morgan fingerprint density at radius 3 is 2.15 bits per heavy atom. The third-order valence-corrected chi connectivity index (χ3v) is 4.36. The molecule has 0 saturated carbocycles. The van der Waals surface area contributed by atoms with Gasteiger partial charge in [0.1, 0.15) is 22.3 Å². The molecule has 26 heavy (non-hydrogen) atoms. The molecule has 3 rings (SSSR count). The van der Waals surface area contributed by atoms with Gasteiger partial charge in [0.15, 0.2) is 0 Å². The number of benzene rings is 1. The first-order chi connectivity index (χ1) is 12.2. The molecule has 0 amide bonds. The minimum Gasteiger partial charge on any atom is -0.506 e. The van der Waals surface area contributed by atoms with Crippen LogP contribution in [0.5, 0.6) is 5.75 Å². The van der Waals surface area contributed by atoms with Crippen molar-refractivity contribution in [3.63, 3.8) is 0 Å². The lowest BCUT2D eigenvalue weighted by Gasteiger charge is -2.13. The SMILES string of the molecule is Cc1ccc(N=Cc2c(O)c3c(=O)n(C)c(=O)n(C)c3n(C)c2=O)cc1. The van der Waals surface area contributed by atoms with Crippen LogP contribution >= 0.6 is 0 Å². The zero-order valence-electron chi connectivity index (χ0n) is 14.8. The monoisotopic (exact) mass is 354 g/mol. The minimum atomic E-state index is -0.679. The van der Waals surface area contributed by atoms with Gasteiger partial charge in [0, 0.05) is 27.4 Å². The van der Waals surface area contributed by atoms with Crippen molar-refractivity contribution < 1.29 is 5.11 Å². The summed E-state index contributed by atoms with van der Waals surface area (Å²) in [6, 6.07) is 7.29. The molecule has 0 radical (unpaired) electrons. The fraction of sp³-hybridized carbons (Fsp3) is 0.222. The second-order valence-corrected chi connectivity index (χ2v) is 6.12. The predicted octanol–water partition coefficient (Wildman–Crippen LogP) is 0.701. The van der Waals surface area contributed by atoms with Gasteiger partial charge >= 0.3 is 5.69 Å². The van der Waals surface area contributed by atoms with Crippen molar-refractivity contribution in [2.24, 2.45) is 26.1 Å². The molecule has 8 heteroatoms. The molecule has 2 heterocycles. The summed E-state index contributed by atoms with van der Waals surface area (Å²) >= 11 is 0. The number of hydrogen-bond acceptors (Lipinski definition) is 5. The number of aromatic nitrogens is 3. The Morgan fingerprint density at radius 2 is 1.54 bits per heavy atom. The van der Waals surface area contributed by atoms with E-state index < -0.39 is 22.6 Å². The summed E-state index contributed by atoms with van der Waals surface area (Å²) in [6.45, 7) is 1.94. The minimum absolute atomic E-state index is 0.0492. The van der Waals surface area contributed by atoms with Crippen molar-refractivity contribution in [1.82, 2.24) is 13.7 Å². The Hall–Kier alpha value is -3.42. The van der Waals surface area contributed by atoms with E-state index >= 15 is 0 Å². The maximum Gasteiger partial charge on any atom is 0.332 e. The summed E-state index contributed by atoms with van der Waals surface area (Å²) in [7, 11) is 4.18. The number of aromatic hydroxyl groups is 1. The van der Waals surface area contributed by atoms with Crippen molar-refractivity contribution in [1.29, 1.82) is 0 Å². The molecule has 8 nitrogen and oxygen atoms in total. The van der Waals surface area contributed by atoms with Gasteiger partial charge in [-0.3, -0.25) is 28.3 Å². The second kappa shape index (κ2) is 6.14. The van der Waals surface area contributed by atoms with E-state index in [-0.39, 0.29) is 16.6 Å². The first-order valence-corrected chi connectivity index (χ1v) is 7.86. The Bertz CT molecular complexity index is 1230. The summed E-state index contributed by atoms with van der Waals surface area (Å²) < 4.78 is 3.19. The highest BCUT2D eigenvalue weighted by atomic mass is 16.3. The first-order valence-electron chi connectivity index (χ1n) is 7.86. The van der Waals surface area contributed by atoms with Gasteiger partial charge in [0.2, 0.25) is 0 Å². The second-order valence-electron chi connectivity index (χ2n) is 6.12. The topological polar surface area (TPSA) is 98.6 Å². The van der Waals surface area contributed by atoms with Crippen molar-refractivity contribution in [2.45, 2.75) is 6.92 Å². The van der Waals surface area contributed by atoms with Crippen LogP contribution in [0.2, 0.25) is 0 Å². The molecule has 0 aliphatic carbocycles. The van der Waals surface area contributed by atoms with Crippen LogP contribution < -0.4 is 16.8 Å². The van der Waals surface area contributed by atoms with Gasteiger partial charge in [-0.1, -0.05) is 17.7 Å². The van der Waals surface area contributed by atoms with Crippen LogP contribution in [0.4, 0.5) is 5.69 Å². The van der Waals surface area contributed by atoms with Crippen molar-refractivity contribution in [2.75, 3.05) is 0 Å². The maximum absolute atomic E-state index is 12.6. The normalized spacial score (nSPS) is 11.5. The smallest absolute Gasteiger partial charge is 0.332 e. The van der Waals surface area contributed by atoms with Gasteiger partial charge in [-0.15, -0.1) is 0 Å². The van der Waals surface area contributed by atoms with Crippen molar-refractivity contribution in [3.8, 4) is 5.75 Å². The van der Waals surface area contributed by atoms with Gasteiger partial charge in [0.05, 0.1) is 5.69 Å². The average molecular weight is 354 g/mol. The number of hydrogen-bond donors (Lipinski definition) is 1. The number of nitrogens with zero attached hydrogens (tertiary/aromatic N) is 4. The van der Waals surface area contributed by atoms with E-state index in [1.165, 1.54) is 27.4 Å². The predicted molar refractivity (Wildman–Crippen MR) is 99.8 cm³/mol. The van der Waals surface area contributed by atoms with Crippen LogP contribution in [0.3, 0.4) is 0 Å². The maximum atomic E-state index is 12.6. The molecule has 134 valence electrons. The van der Waals surface area contributed by atoms with Gasteiger partial charge in [-0.2, -0.15) is 0 Å². The standard InChI is InChI=1S/C18H18N4O4/c1-10-5-7-11(8-6-10)19-9-12-14(23)13-15(20(2)16(12)24)21(3)18(26)22(4)17(13)25/h5-9,23H,1-4H3. The molecule has 2 aromatic heterocycles. The Kier molecular flexibility index (Phi) is 4.11. The van der Waals surface area contributed by atoms with E-state index in [9.17, 15) is 19.5 Å². The van der Waals surface area contributed by atoms with Gasteiger partial charge in [0.25, 0.3) is 11.1 Å².